The van der Waals surface area contributed by atoms with Gasteiger partial charge in [-0.15, -0.1) is 0 Å². The third-order valence-electron chi connectivity index (χ3n) is 3.01. The predicted molar refractivity (Wildman–Crippen MR) is 78.0 cm³/mol. The van der Waals surface area contributed by atoms with E-state index >= 15 is 0 Å². The van der Waals surface area contributed by atoms with Crippen LogP contribution in [0.15, 0.2) is 24.3 Å². The van der Waals surface area contributed by atoms with Crippen LogP contribution in [0.3, 0.4) is 0 Å². The number of hydrogen-bond donors (Lipinski definition) is 1. The van der Waals surface area contributed by atoms with E-state index in [1.54, 1.807) is 0 Å². The summed E-state index contributed by atoms with van der Waals surface area (Å²) in [6.07, 6.45) is 1.02. The summed E-state index contributed by atoms with van der Waals surface area (Å²) in [7, 11) is 0. The minimum Gasteiger partial charge on any atom is -0.494 e. The zero-order valence-corrected chi connectivity index (χ0v) is 12.4. The smallest absolute Gasteiger partial charge is 0.119 e. The molecule has 3 nitrogen and oxygen atoms in total. The number of hydrogen-bond acceptors (Lipinski definition) is 3. The quantitative estimate of drug-likeness (QED) is 0.813. The summed E-state index contributed by atoms with van der Waals surface area (Å²) in [6, 6.07) is 10.7. The molecule has 3 heteroatoms. The molecule has 0 radical (unpaired) electrons. The van der Waals surface area contributed by atoms with E-state index in [0.29, 0.717) is 6.54 Å². The van der Waals surface area contributed by atoms with Gasteiger partial charge < -0.3 is 10.1 Å². The number of benzene rings is 1. The third kappa shape index (κ3) is 5.32. The molecule has 1 N–H and O–H groups in total. The Hall–Kier alpha value is -1.53. The average molecular weight is 260 g/mol. The van der Waals surface area contributed by atoms with E-state index in [9.17, 15) is 0 Å². The summed E-state index contributed by atoms with van der Waals surface area (Å²) >= 11 is 0. The molecule has 1 aromatic carbocycles. The molecule has 0 bridgehead atoms. The van der Waals surface area contributed by atoms with Crippen LogP contribution in [0.1, 0.15) is 45.7 Å². The van der Waals surface area contributed by atoms with E-state index in [0.717, 1.165) is 18.8 Å². The summed E-state index contributed by atoms with van der Waals surface area (Å²) in [4.78, 5) is 0. The van der Waals surface area contributed by atoms with Gasteiger partial charge in [0.25, 0.3) is 0 Å². The fraction of sp³-hybridized carbons (Fsp3) is 0.562. The molecule has 0 fully saturated rings. The van der Waals surface area contributed by atoms with Gasteiger partial charge in [0.05, 0.1) is 18.1 Å². The molecular weight excluding hydrogens is 236 g/mol. The molecule has 1 rings (SSSR count). The minimum atomic E-state index is -0.335. The molecule has 0 spiro atoms. The molecule has 0 aromatic heterocycles. The Morgan fingerprint density at radius 1 is 1.32 bits per heavy atom. The Balaban J connectivity index is 2.53. The van der Waals surface area contributed by atoms with Crippen molar-refractivity contribution >= 4 is 0 Å². The van der Waals surface area contributed by atoms with Crippen LogP contribution in [0.25, 0.3) is 0 Å². The van der Waals surface area contributed by atoms with E-state index < -0.39 is 0 Å². The van der Waals surface area contributed by atoms with Gasteiger partial charge >= 0.3 is 0 Å². The standard InChI is InChI=1S/C16H24N2O/c1-5-10-19-15-8-6-14(7-9-15)13(2)18-12-16(3,4)11-17/h6-9,13,18H,5,10,12H2,1-4H3. The van der Waals surface area contributed by atoms with Crippen LogP contribution in [0, 0.1) is 16.7 Å². The highest BCUT2D eigenvalue weighted by Gasteiger charge is 2.17. The zero-order chi connectivity index (χ0) is 14.3. The highest BCUT2D eigenvalue weighted by Crippen LogP contribution is 2.19. The summed E-state index contributed by atoms with van der Waals surface area (Å²) in [6.45, 7) is 9.51. The van der Waals surface area contributed by atoms with Crippen molar-refractivity contribution in [3.8, 4) is 11.8 Å². The lowest BCUT2D eigenvalue weighted by atomic mass is 9.95. The molecule has 19 heavy (non-hydrogen) atoms. The largest absolute Gasteiger partial charge is 0.494 e. The van der Waals surface area contributed by atoms with E-state index in [-0.39, 0.29) is 11.5 Å². The highest BCUT2D eigenvalue weighted by molar-refractivity contribution is 5.29. The number of nitriles is 1. The Bertz CT molecular complexity index is 417. The maximum atomic E-state index is 8.99. The van der Waals surface area contributed by atoms with Gasteiger partial charge in [0.15, 0.2) is 0 Å². The summed E-state index contributed by atoms with van der Waals surface area (Å²) in [5.41, 5.74) is 0.871. The predicted octanol–water partition coefficient (Wildman–Crippen LogP) is 3.68. The van der Waals surface area contributed by atoms with Gasteiger partial charge in [-0.25, -0.2) is 0 Å². The lowest BCUT2D eigenvalue weighted by molar-refractivity contribution is 0.317. The molecule has 0 aliphatic rings. The van der Waals surface area contributed by atoms with Crippen LogP contribution in [0.5, 0.6) is 5.75 Å². The first-order valence-electron chi connectivity index (χ1n) is 6.86. The normalized spacial score (nSPS) is 12.8. The topological polar surface area (TPSA) is 45.0 Å². The van der Waals surface area contributed by atoms with Gasteiger partial charge in [-0.1, -0.05) is 19.1 Å². The lowest BCUT2D eigenvalue weighted by Gasteiger charge is -2.21. The van der Waals surface area contributed by atoms with Gasteiger partial charge in [-0.05, 0) is 44.9 Å². The molecular formula is C16H24N2O. The fourth-order valence-electron chi connectivity index (χ4n) is 1.64. The molecule has 1 aromatic rings. The Labute approximate surface area is 116 Å². The van der Waals surface area contributed by atoms with Crippen LogP contribution in [-0.2, 0) is 0 Å². The first-order valence-corrected chi connectivity index (χ1v) is 6.86. The van der Waals surface area contributed by atoms with Crippen LogP contribution in [0.4, 0.5) is 0 Å². The number of ether oxygens (including phenoxy) is 1. The van der Waals surface area contributed by atoms with Crippen LogP contribution in [-0.4, -0.2) is 13.2 Å². The molecule has 0 amide bonds. The molecule has 1 atom stereocenters. The van der Waals surface area contributed by atoms with Crippen molar-refractivity contribution in [2.75, 3.05) is 13.2 Å². The second-order valence-electron chi connectivity index (χ2n) is 5.52. The molecule has 104 valence electrons. The van der Waals surface area contributed by atoms with Gasteiger partial charge in [0, 0.05) is 12.6 Å². The van der Waals surface area contributed by atoms with Gasteiger partial charge in [0.2, 0.25) is 0 Å². The average Bonchev–Trinajstić information content (AvgIpc) is 2.43. The SMILES string of the molecule is CCCOc1ccc(C(C)NCC(C)(C)C#N)cc1. The lowest BCUT2D eigenvalue weighted by Crippen LogP contribution is -2.30. The minimum absolute atomic E-state index is 0.229. The highest BCUT2D eigenvalue weighted by atomic mass is 16.5. The van der Waals surface area contributed by atoms with Crippen molar-refractivity contribution in [1.29, 1.82) is 5.26 Å². The van der Waals surface area contributed by atoms with Gasteiger partial charge in [-0.2, -0.15) is 5.26 Å². The molecule has 0 heterocycles. The molecule has 0 aliphatic heterocycles. The van der Waals surface area contributed by atoms with Crippen molar-refractivity contribution < 1.29 is 4.74 Å². The first-order chi connectivity index (χ1) is 8.98. The van der Waals surface area contributed by atoms with Crippen LogP contribution in [0.2, 0.25) is 0 Å². The maximum Gasteiger partial charge on any atom is 0.119 e. The van der Waals surface area contributed by atoms with Crippen LogP contribution < -0.4 is 10.1 Å². The second kappa shape index (κ2) is 7.16. The van der Waals surface area contributed by atoms with Gasteiger partial charge in [-0.3, -0.25) is 0 Å². The fourth-order valence-corrected chi connectivity index (χ4v) is 1.64. The van der Waals surface area contributed by atoms with Crippen molar-refractivity contribution in [2.24, 2.45) is 5.41 Å². The molecule has 1 unspecified atom stereocenters. The van der Waals surface area contributed by atoms with Crippen molar-refractivity contribution in [2.45, 2.75) is 40.2 Å². The molecule has 0 saturated heterocycles. The van der Waals surface area contributed by atoms with E-state index in [2.05, 4.69) is 37.4 Å². The van der Waals surface area contributed by atoms with Gasteiger partial charge in [0.1, 0.15) is 5.75 Å². The monoisotopic (exact) mass is 260 g/mol. The van der Waals surface area contributed by atoms with Crippen molar-refractivity contribution in [3.63, 3.8) is 0 Å². The second-order valence-corrected chi connectivity index (χ2v) is 5.52. The summed E-state index contributed by atoms with van der Waals surface area (Å²) in [5.74, 6) is 0.912. The van der Waals surface area contributed by atoms with Crippen molar-refractivity contribution in [1.82, 2.24) is 5.32 Å². The maximum absolute atomic E-state index is 8.99. The Morgan fingerprint density at radius 2 is 1.95 bits per heavy atom. The number of nitrogens with zero attached hydrogens (tertiary/aromatic N) is 1. The summed E-state index contributed by atoms with van der Waals surface area (Å²) in [5, 5.41) is 12.4. The van der Waals surface area contributed by atoms with E-state index in [4.69, 9.17) is 10.00 Å². The first kappa shape index (κ1) is 15.5. The zero-order valence-electron chi connectivity index (χ0n) is 12.4. The number of nitrogens with one attached hydrogen (secondary N) is 1. The van der Waals surface area contributed by atoms with E-state index in [1.165, 1.54) is 5.56 Å². The summed E-state index contributed by atoms with van der Waals surface area (Å²) < 4.78 is 5.56. The van der Waals surface area contributed by atoms with Crippen LogP contribution >= 0.6 is 0 Å². The molecule has 0 aliphatic carbocycles. The Kier molecular flexibility index (Phi) is 5.85. The van der Waals surface area contributed by atoms with E-state index in [1.807, 2.05) is 26.0 Å². The molecule has 0 saturated carbocycles. The van der Waals surface area contributed by atoms with Crippen molar-refractivity contribution in [3.05, 3.63) is 29.8 Å². The third-order valence-corrected chi connectivity index (χ3v) is 3.01. The Morgan fingerprint density at radius 3 is 2.47 bits per heavy atom. The number of rotatable bonds is 7.